The summed E-state index contributed by atoms with van der Waals surface area (Å²) in [4.78, 5) is 0. The van der Waals surface area contributed by atoms with Crippen LogP contribution in [0.4, 0.5) is 0 Å². The topological polar surface area (TPSA) is 6.48 Å². The number of rotatable bonds is 5. The summed E-state index contributed by atoms with van der Waals surface area (Å²) in [7, 11) is 3.99. The van der Waals surface area contributed by atoms with Gasteiger partial charge in [-0.1, -0.05) is 42.5 Å². The van der Waals surface area contributed by atoms with E-state index in [0.29, 0.717) is 0 Å². The maximum Gasteiger partial charge on any atom is 0.0790 e. The fourth-order valence-electron chi connectivity index (χ4n) is 1.24. The minimum atomic E-state index is 0.931. The fourth-order valence-corrected chi connectivity index (χ4v) is 1.53. The first-order valence-corrected chi connectivity index (χ1v) is 5.14. The first-order chi connectivity index (χ1) is 6.74. The molecule has 1 rings (SSSR count). The van der Waals surface area contributed by atoms with Crippen LogP contribution in [-0.4, -0.2) is 36.1 Å². The minimum Gasteiger partial charge on any atom is -0.302 e. The zero-order valence-corrected chi connectivity index (χ0v) is 9.50. The molecule has 0 atom stereocenters. The Kier molecular flexibility index (Phi) is 4.56. The molecule has 0 aromatic heterocycles. The van der Waals surface area contributed by atoms with Crippen LogP contribution in [0.1, 0.15) is 5.56 Å². The van der Waals surface area contributed by atoms with Crippen molar-refractivity contribution < 1.29 is 0 Å². The Hall–Kier alpha value is -0.930. The van der Waals surface area contributed by atoms with E-state index < -0.39 is 0 Å². The molecule has 0 aliphatic heterocycles. The van der Waals surface area contributed by atoms with Gasteiger partial charge in [-0.25, -0.2) is 5.01 Å². The molecule has 0 saturated carbocycles. The average molecular weight is 208 g/mol. The van der Waals surface area contributed by atoms with Gasteiger partial charge >= 0.3 is 0 Å². The summed E-state index contributed by atoms with van der Waals surface area (Å²) in [5, 5.41) is 4.01. The van der Waals surface area contributed by atoms with Gasteiger partial charge in [0, 0.05) is 20.6 Å². The smallest absolute Gasteiger partial charge is 0.0790 e. The van der Waals surface area contributed by atoms with Crippen molar-refractivity contribution in [2.45, 2.75) is 6.42 Å². The Morgan fingerprint density at radius 2 is 1.86 bits per heavy atom. The molecule has 0 unspecified atom stereocenters. The van der Waals surface area contributed by atoms with Crippen LogP contribution in [0.5, 0.6) is 0 Å². The predicted molar refractivity (Wildman–Crippen MR) is 64.2 cm³/mol. The zero-order valence-electron chi connectivity index (χ0n) is 8.68. The molecule has 0 saturated heterocycles. The van der Waals surface area contributed by atoms with Crippen LogP contribution in [0, 0.1) is 0 Å². The third-order valence-corrected chi connectivity index (χ3v) is 2.35. The SMILES string of the molecule is CN(C)N(C=S)CCc1ccccc1. The summed E-state index contributed by atoms with van der Waals surface area (Å²) >= 11 is 4.92. The van der Waals surface area contributed by atoms with Crippen LogP contribution in [0.3, 0.4) is 0 Å². The van der Waals surface area contributed by atoms with Gasteiger partial charge in [0.1, 0.15) is 0 Å². The lowest BCUT2D eigenvalue weighted by atomic mass is 10.1. The van der Waals surface area contributed by atoms with E-state index in [9.17, 15) is 0 Å². The van der Waals surface area contributed by atoms with Gasteiger partial charge in [-0.3, -0.25) is 0 Å². The van der Waals surface area contributed by atoms with Crippen LogP contribution in [0.15, 0.2) is 30.3 Å². The Bertz CT molecular complexity index is 272. The highest BCUT2D eigenvalue weighted by Crippen LogP contribution is 2.01. The van der Waals surface area contributed by atoms with Crippen molar-refractivity contribution in [2.75, 3.05) is 20.6 Å². The standard InChI is InChI=1S/C11H16N2S/c1-12(2)13(10-14)9-8-11-6-4-3-5-7-11/h3-7,10H,8-9H2,1-2H3. The minimum absolute atomic E-state index is 0.931. The molecule has 0 fully saturated rings. The Labute approximate surface area is 91.1 Å². The first kappa shape index (κ1) is 11.1. The molecule has 0 N–H and O–H groups in total. The zero-order chi connectivity index (χ0) is 10.4. The molecular weight excluding hydrogens is 192 g/mol. The van der Waals surface area contributed by atoms with Crippen molar-refractivity contribution in [3.05, 3.63) is 35.9 Å². The maximum absolute atomic E-state index is 4.92. The van der Waals surface area contributed by atoms with Crippen molar-refractivity contribution in [2.24, 2.45) is 0 Å². The largest absolute Gasteiger partial charge is 0.302 e. The quantitative estimate of drug-likeness (QED) is 0.539. The van der Waals surface area contributed by atoms with Crippen LogP contribution in [0.2, 0.25) is 0 Å². The van der Waals surface area contributed by atoms with Gasteiger partial charge in [0.25, 0.3) is 0 Å². The second-order valence-electron chi connectivity index (χ2n) is 3.35. The second kappa shape index (κ2) is 5.73. The second-order valence-corrected chi connectivity index (χ2v) is 3.56. The highest BCUT2D eigenvalue weighted by Gasteiger charge is 2.01. The van der Waals surface area contributed by atoms with Gasteiger partial charge in [0.2, 0.25) is 0 Å². The lowest BCUT2D eigenvalue weighted by Gasteiger charge is -2.25. The molecule has 0 aliphatic rings. The number of nitrogens with zero attached hydrogens (tertiary/aromatic N) is 2. The summed E-state index contributed by atoms with van der Waals surface area (Å²) in [5.74, 6) is 0. The van der Waals surface area contributed by atoms with E-state index in [1.165, 1.54) is 5.56 Å². The van der Waals surface area contributed by atoms with Gasteiger partial charge in [-0.2, -0.15) is 0 Å². The predicted octanol–water partition coefficient (Wildman–Crippen LogP) is 1.96. The fraction of sp³-hybridized carbons (Fsp3) is 0.364. The van der Waals surface area contributed by atoms with E-state index in [4.69, 9.17) is 12.2 Å². The molecule has 1 aromatic carbocycles. The molecule has 1 aromatic rings. The highest BCUT2D eigenvalue weighted by molar-refractivity contribution is 7.78. The number of hydrogen-bond acceptors (Lipinski definition) is 2. The van der Waals surface area contributed by atoms with E-state index in [-0.39, 0.29) is 0 Å². The van der Waals surface area contributed by atoms with Crippen LogP contribution in [-0.2, 0) is 6.42 Å². The molecule has 0 spiro atoms. The number of hydrazine groups is 1. The van der Waals surface area contributed by atoms with Crippen molar-refractivity contribution >= 4 is 17.7 Å². The normalized spacial score (nSPS) is 10.2. The molecule has 76 valence electrons. The lowest BCUT2D eigenvalue weighted by Crippen LogP contribution is -2.36. The van der Waals surface area contributed by atoms with Gasteiger partial charge in [-0.15, -0.1) is 0 Å². The number of benzene rings is 1. The van der Waals surface area contributed by atoms with Crippen LogP contribution in [0.25, 0.3) is 0 Å². The van der Waals surface area contributed by atoms with Crippen LogP contribution >= 0.6 is 12.2 Å². The van der Waals surface area contributed by atoms with Gasteiger partial charge in [0.15, 0.2) is 0 Å². The summed E-state index contributed by atoms with van der Waals surface area (Å²) < 4.78 is 0. The van der Waals surface area contributed by atoms with E-state index in [2.05, 4.69) is 24.3 Å². The number of thiocarbonyl (C=S) groups is 1. The van der Waals surface area contributed by atoms with Crippen molar-refractivity contribution in [3.8, 4) is 0 Å². The van der Waals surface area contributed by atoms with Gasteiger partial charge < -0.3 is 5.01 Å². The lowest BCUT2D eigenvalue weighted by molar-refractivity contribution is 0.122. The maximum atomic E-state index is 4.92. The third kappa shape index (κ3) is 3.44. The Morgan fingerprint density at radius 3 is 2.36 bits per heavy atom. The summed E-state index contributed by atoms with van der Waals surface area (Å²) in [6.07, 6.45) is 1.02. The first-order valence-electron chi connectivity index (χ1n) is 4.67. The molecule has 0 radical (unpaired) electrons. The number of hydrogen-bond donors (Lipinski definition) is 0. The average Bonchev–Trinajstić information content (AvgIpc) is 2.20. The van der Waals surface area contributed by atoms with Crippen molar-refractivity contribution in [3.63, 3.8) is 0 Å². The summed E-state index contributed by atoms with van der Waals surface area (Å²) in [6, 6.07) is 10.4. The Balaban J connectivity index is 2.43. The summed E-state index contributed by atoms with van der Waals surface area (Å²) in [5.41, 5.74) is 3.03. The van der Waals surface area contributed by atoms with Crippen LogP contribution < -0.4 is 0 Å². The van der Waals surface area contributed by atoms with E-state index in [1.54, 1.807) is 5.49 Å². The van der Waals surface area contributed by atoms with E-state index in [0.717, 1.165) is 13.0 Å². The molecule has 14 heavy (non-hydrogen) atoms. The molecule has 0 amide bonds. The molecule has 0 aliphatic carbocycles. The van der Waals surface area contributed by atoms with E-state index in [1.807, 2.05) is 30.2 Å². The van der Waals surface area contributed by atoms with Crippen molar-refractivity contribution in [1.29, 1.82) is 0 Å². The Morgan fingerprint density at radius 1 is 1.21 bits per heavy atom. The monoisotopic (exact) mass is 208 g/mol. The molecule has 0 bridgehead atoms. The van der Waals surface area contributed by atoms with Gasteiger partial charge in [-0.05, 0) is 12.0 Å². The molecule has 0 heterocycles. The van der Waals surface area contributed by atoms with Gasteiger partial charge in [0.05, 0.1) is 5.49 Å². The third-order valence-electron chi connectivity index (χ3n) is 2.11. The molecular formula is C11H16N2S. The van der Waals surface area contributed by atoms with E-state index >= 15 is 0 Å². The van der Waals surface area contributed by atoms with Crippen molar-refractivity contribution in [1.82, 2.24) is 10.0 Å². The molecule has 2 nitrogen and oxygen atoms in total. The summed E-state index contributed by atoms with van der Waals surface area (Å²) in [6.45, 7) is 0.931. The molecule has 3 heteroatoms. The highest BCUT2D eigenvalue weighted by atomic mass is 32.1.